The largest absolute Gasteiger partial charge is 0.408 e. The fourth-order valence-electron chi connectivity index (χ4n) is 3.84. The molecule has 1 atom stereocenters. The molecule has 8 nitrogen and oxygen atoms in total. The Labute approximate surface area is 180 Å². The van der Waals surface area contributed by atoms with Gasteiger partial charge in [-0.25, -0.2) is 18.7 Å². The Morgan fingerprint density at radius 3 is 2.53 bits per heavy atom. The number of hydrogen-bond donors (Lipinski definition) is 1. The number of aromatic nitrogens is 4. The lowest BCUT2D eigenvalue weighted by atomic mass is 10.0. The molecule has 13 heteroatoms. The molecular formula is C19H22F5N7O. The minimum atomic E-state index is -4.51. The number of halogens is 5. The van der Waals surface area contributed by atoms with E-state index in [2.05, 4.69) is 20.4 Å². The summed E-state index contributed by atoms with van der Waals surface area (Å²) in [6.07, 6.45) is -4.80. The SMILES string of the molecule is Cc1c(-c2cnn(CC(=O)N3CCNCC3)c2)nc(N2CC[C@@H]2C(F)(F)F)nc1C(F)F. The normalized spacial score (nSPS) is 19.4. The lowest BCUT2D eigenvalue weighted by molar-refractivity contribution is -0.160. The summed E-state index contributed by atoms with van der Waals surface area (Å²) in [7, 11) is 0. The van der Waals surface area contributed by atoms with Crippen LogP contribution in [0.3, 0.4) is 0 Å². The molecule has 0 bridgehead atoms. The molecule has 2 fully saturated rings. The van der Waals surface area contributed by atoms with Gasteiger partial charge in [-0.05, 0) is 13.3 Å². The van der Waals surface area contributed by atoms with Crippen molar-refractivity contribution in [2.75, 3.05) is 37.6 Å². The highest BCUT2D eigenvalue weighted by molar-refractivity contribution is 5.76. The van der Waals surface area contributed by atoms with Gasteiger partial charge in [0.15, 0.2) is 0 Å². The van der Waals surface area contributed by atoms with Crippen molar-refractivity contribution >= 4 is 11.9 Å². The van der Waals surface area contributed by atoms with Crippen LogP contribution in [0.15, 0.2) is 12.4 Å². The van der Waals surface area contributed by atoms with Crippen LogP contribution >= 0.6 is 0 Å². The van der Waals surface area contributed by atoms with Gasteiger partial charge >= 0.3 is 6.18 Å². The molecule has 4 rings (SSSR count). The topological polar surface area (TPSA) is 79.2 Å². The number of amides is 1. The van der Waals surface area contributed by atoms with E-state index in [1.165, 1.54) is 24.0 Å². The zero-order valence-corrected chi connectivity index (χ0v) is 17.2. The molecule has 32 heavy (non-hydrogen) atoms. The van der Waals surface area contributed by atoms with Crippen molar-refractivity contribution in [3.63, 3.8) is 0 Å². The average Bonchev–Trinajstić information content (AvgIpc) is 3.15. The molecule has 0 saturated carbocycles. The molecule has 0 radical (unpaired) electrons. The second kappa shape index (κ2) is 8.60. The van der Waals surface area contributed by atoms with E-state index < -0.39 is 24.3 Å². The van der Waals surface area contributed by atoms with E-state index in [-0.39, 0.29) is 42.6 Å². The van der Waals surface area contributed by atoms with Crippen LogP contribution in [-0.2, 0) is 11.3 Å². The van der Waals surface area contributed by atoms with Gasteiger partial charge in [-0.3, -0.25) is 9.48 Å². The van der Waals surface area contributed by atoms with E-state index >= 15 is 0 Å². The first-order valence-corrected chi connectivity index (χ1v) is 10.2. The van der Waals surface area contributed by atoms with Gasteiger partial charge in [0.2, 0.25) is 11.9 Å². The van der Waals surface area contributed by atoms with Crippen molar-refractivity contribution in [1.82, 2.24) is 30.0 Å². The number of rotatable bonds is 5. The maximum absolute atomic E-state index is 13.6. The molecule has 2 aromatic heterocycles. The van der Waals surface area contributed by atoms with Crippen LogP contribution in [0.5, 0.6) is 0 Å². The van der Waals surface area contributed by atoms with Crippen molar-refractivity contribution in [3.05, 3.63) is 23.7 Å². The summed E-state index contributed by atoms with van der Waals surface area (Å²) >= 11 is 0. The summed E-state index contributed by atoms with van der Waals surface area (Å²) < 4.78 is 68.1. The summed E-state index contributed by atoms with van der Waals surface area (Å²) in [6.45, 7) is 3.93. The second-order valence-corrected chi connectivity index (χ2v) is 7.78. The van der Waals surface area contributed by atoms with Crippen molar-refractivity contribution < 1.29 is 26.7 Å². The lowest BCUT2D eigenvalue weighted by Crippen LogP contribution is -2.56. The summed E-state index contributed by atoms with van der Waals surface area (Å²) in [5, 5.41) is 7.27. The van der Waals surface area contributed by atoms with Gasteiger partial charge in [-0.15, -0.1) is 0 Å². The Balaban J connectivity index is 1.62. The number of carbonyl (C=O) groups excluding carboxylic acids is 1. The smallest absolute Gasteiger partial charge is 0.339 e. The van der Waals surface area contributed by atoms with Crippen LogP contribution in [-0.4, -0.2) is 75.5 Å². The molecule has 0 spiro atoms. The third-order valence-electron chi connectivity index (χ3n) is 5.71. The molecule has 2 aliphatic rings. The molecule has 0 aliphatic carbocycles. The fraction of sp³-hybridized carbons (Fsp3) is 0.579. The minimum absolute atomic E-state index is 0.0216. The van der Waals surface area contributed by atoms with Crippen molar-refractivity contribution in [2.45, 2.75) is 38.5 Å². The monoisotopic (exact) mass is 459 g/mol. The van der Waals surface area contributed by atoms with Crippen LogP contribution < -0.4 is 10.2 Å². The second-order valence-electron chi connectivity index (χ2n) is 7.78. The standard InChI is InChI=1S/C19H22F5N7O/c1-11-15(12-8-26-30(9-12)10-14(32)29-6-3-25-4-7-29)27-18(28-16(11)17(20)21)31-5-2-13(31)19(22,23)24/h8-9,13,17,25H,2-7,10H2,1H3/t13-/m1/s1. The van der Waals surface area contributed by atoms with E-state index in [0.717, 1.165) is 4.90 Å². The minimum Gasteiger partial charge on any atom is -0.339 e. The number of hydrogen-bond acceptors (Lipinski definition) is 6. The molecule has 0 unspecified atom stereocenters. The van der Waals surface area contributed by atoms with E-state index in [1.807, 2.05) is 0 Å². The predicted molar refractivity (Wildman–Crippen MR) is 104 cm³/mol. The van der Waals surface area contributed by atoms with E-state index in [0.29, 0.717) is 31.7 Å². The molecule has 2 saturated heterocycles. The molecule has 4 heterocycles. The maximum atomic E-state index is 13.6. The quantitative estimate of drug-likeness (QED) is 0.691. The van der Waals surface area contributed by atoms with Crippen LogP contribution in [0.25, 0.3) is 11.3 Å². The van der Waals surface area contributed by atoms with Crippen LogP contribution in [0, 0.1) is 6.92 Å². The Bertz CT molecular complexity index is 987. The van der Waals surface area contributed by atoms with Gasteiger partial charge in [0.25, 0.3) is 6.43 Å². The first-order valence-electron chi connectivity index (χ1n) is 10.2. The van der Waals surface area contributed by atoms with E-state index in [1.54, 1.807) is 4.90 Å². The van der Waals surface area contributed by atoms with Gasteiger partial charge in [-0.1, -0.05) is 0 Å². The molecule has 174 valence electrons. The van der Waals surface area contributed by atoms with Gasteiger partial charge in [0.05, 0.1) is 11.9 Å². The third kappa shape index (κ3) is 4.38. The number of nitrogens with one attached hydrogen (secondary N) is 1. The average molecular weight is 459 g/mol. The van der Waals surface area contributed by atoms with Crippen molar-refractivity contribution in [1.29, 1.82) is 0 Å². The molecule has 1 amide bonds. The van der Waals surface area contributed by atoms with E-state index in [9.17, 15) is 26.7 Å². The van der Waals surface area contributed by atoms with E-state index in [4.69, 9.17) is 0 Å². The van der Waals surface area contributed by atoms with Gasteiger partial charge in [0.1, 0.15) is 18.3 Å². The molecule has 2 aliphatic heterocycles. The highest BCUT2D eigenvalue weighted by Crippen LogP contribution is 2.38. The highest BCUT2D eigenvalue weighted by atomic mass is 19.4. The summed E-state index contributed by atoms with van der Waals surface area (Å²) in [5.74, 6) is -0.526. The number of nitrogens with zero attached hydrogens (tertiary/aromatic N) is 6. The zero-order chi connectivity index (χ0) is 23.0. The number of piperazine rings is 1. The summed E-state index contributed by atoms with van der Waals surface area (Å²) in [4.78, 5) is 22.9. The number of anilines is 1. The molecular weight excluding hydrogens is 437 g/mol. The number of carbonyl (C=O) groups is 1. The van der Waals surface area contributed by atoms with Crippen molar-refractivity contribution in [3.8, 4) is 11.3 Å². The van der Waals surface area contributed by atoms with Gasteiger partial charge < -0.3 is 15.1 Å². The maximum Gasteiger partial charge on any atom is 0.408 e. The Morgan fingerprint density at radius 2 is 1.94 bits per heavy atom. The van der Waals surface area contributed by atoms with Gasteiger partial charge in [-0.2, -0.15) is 18.3 Å². The molecule has 2 aromatic rings. The third-order valence-corrected chi connectivity index (χ3v) is 5.71. The van der Waals surface area contributed by atoms with Crippen LogP contribution in [0.4, 0.5) is 27.9 Å². The Morgan fingerprint density at radius 1 is 1.22 bits per heavy atom. The first-order chi connectivity index (χ1) is 15.1. The zero-order valence-electron chi connectivity index (χ0n) is 17.2. The highest BCUT2D eigenvalue weighted by Gasteiger charge is 2.50. The van der Waals surface area contributed by atoms with Crippen LogP contribution in [0.2, 0.25) is 0 Å². The summed E-state index contributed by atoms with van der Waals surface area (Å²) in [5.41, 5.74) is -0.174. The fourth-order valence-corrected chi connectivity index (χ4v) is 3.84. The molecule has 0 aromatic carbocycles. The van der Waals surface area contributed by atoms with Crippen LogP contribution in [0.1, 0.15) is 24.1 Å². The molecule has 1 N–H and O–H groups in total. The number of alkyl halides is 5. The Hall–Kier alpha value is -2.83. The Kier molecular flexibility index (Phi) is 6.01. The van der Waals surface area contributed by atoms with Gasteiger partial charge in [0, 0.05) is 50.0 Å². The predicted octanol–water partition coefficient (Wildman–Crippen LogP) is 2.16. The summed E-state index contributed by atoms with van der Waals surface area (Å²) in [6, 6.07) is -1.80. The van der Waals surface area contributed by atoms with Crippen molar-refractivity contribution in [2.24, 2.45) is 0 Å². The lowest BCUT2D eigenvalue weighted by Gasteiger charge is -2.42. The first kappa shape index (κ1) is 22.4.